The number of hydrogen-bond acceptors (Lipinski definition) is 4. The largest absolute Gasteiger partial charge is 0.451 e. The lowest BCUT2D eigenvalue weighted by atomic mass is 10.2. The van der Waals surface area contributed by atoms with Crippen molar-refractivity contribution in [1.82, 2.24) is 19.1 Å². The molecule has 10 heteroatoms. The minimum atomic E-state index is -4.61. The third-order valence-corrected chi connectivity index (χ3v) is 5.24. The molecule has 6 nitrogen and oxygen atoms in total. The van der Waals surface area contributed by atoms with E-state index in [2.05, 4.69) is 16.8 Å². The minimum absolute atomic E-state index is 0.00105. The van der Waals surface area contributed by atoms with Crippen LogP contribution in [0.15, 0.2) is 12.2 Å². The summed E-state index contributed by atoms with van der Waals surface area (Å²) < 4.78 is 64.8. The van der Waals surface area contributed by atoms with Crippen molar-refractivity contribution in [2.45, 2.75) is 32.6 Å². The Morgan fingerprint density at radius 3 is 2.52 bits per heavy atom. The molecular weight excluding hydrogens is 309 g/mol. The van der Waals surface area contributed by atoms with Crippen molar-refractivity contribution in [1.29, 1.82) is 0 Å². The van der Waals surface area contributed by atoms with Gasteiger partial charge in [0.2, 0.25) is 15.8 Å². The number of aromatic nitrogens is 3. The molecule has 0 aliphatic carbocycles. The fourth-order valence-corrected chi connectivity index (χ4v) is 4.07. The molecule has 21 heavy (non-hydrogen) atoms. The van der Waals surface area contributed by atoms with Crippen LogP contribution in [0.1, 0.15) is 31.5 Å². The van der Waals surface area contributed by atoms with Crippen molar-refractivity contribution in [3.63, 3.8) is 0 Å². The van der Waals surface area contributed by atoms with Gasteiger partial charge in [-0.25, -0.2) is 8.42 Å². The molecule has 0 saturated carbocycles. The van der Waals surface area contributed by atoms with Gasteiger partial charge in [0.25, 0.3) is 0 Å². The molecule has 0 bridgehead atoms. The molecule has 0 radical (unpaired) electrons. The van der Waals surface area contributed by atoms with Crippen LogP contribution < -0.4 is 0 Å². The Kier molecular flexibility index (Phi) is 3.87. The summed E-state index contributed by atoms with van der Waals surface area (Å²) in [5.74, 6) is -1.34. The molecule has 0 aromatic carbocycles. The summed E-state index contributed by atoms with van der Waals surface area (Å²) in [6.45, 7) is 6.45. The molecule has 1 aromatic heterocycles. The number of sulfonamides is 1. The normalized spacial score (nSPS) is 20.3. The van der Waals surface area contributed by atoms with E-state index < -0.39 is 28.1 Å². The predicted octanol–water partition coefficient (Wildman–Crippen LogP) is 1.58. The van der Waals surface area contributed by atoms with E-state index in [1.54, 1.807) is 6.92 Å². The van der Waals surface area contributed by atoms with Gasteiger partial charge in [-0.3, -0.25) is 0 Å². The van der Waals surface area contributed by atoms with E-state index in [-0.39, 0.29) is 24.7 Å². The van der Waals surface area contributed by atoms with Crippen molar-refractivity contribution in [2.24, 2.45) is 0 Å². The number of halogens is 3. The van der Waals surface area contributed by atoms with Crippen LogP contribution in [-0.2, 0) is 22.7 Å². The van der Waals surface area contributed by atoms with Gasteiger partial charge in [-0.1, -0.05) is 12.2 Å². The molecule has 1 aliphatic heterocycles. The topological polar surface area (TPSA) is 68.1 Å². The van der Waals surface area contributed by atoms with Crippen LogP contribution in [0.5, 0.6) is 0 Å². The smallest absolute Gasteiger partial charge is 0.305 e. The Labute approximate surface area is 120 Å². The van der Waals surface area contributed by atoms with Gasteiger partial charge >= 0.3 is 6.18 Å². The second kappa shape index (κ2) is 5.09. The maximum absolute atomic E-state index is 12.8. The van der Waals surface area contributed by atoms with E-state index in [4.69, 9.17) is 0 Å². The van der Waals surface area contributed by atoms with Crippen molar-refractivity contribution < 1.29 is 21.6 Å². The highest BCUT2D eigenvalue weighted by Crippen LogP contribution is 2.33. The molecule has 1 unspecified atom stereocenters. The fraction of sp³-hybridized carbons (Fsp3) is 0.636. The average Bonchev–Trinajstić information content (AvgIpc) is 2.71. The highest BCUT2D eigenvalue weighted by molar-refractivity contribution is 7.89. The Morgan fingerprint density at radius 1 is 1.38 bits per heavy atom. The highest BCUT2D eigenvalue weighted by atomic mass is 32.2. The Morgan fingerprint density at radius 2 is 2.00 bits per heavy atom. The molecule has 2 heterocycles. The van der Waals surface area contributed by atoms with Crippen LogP contribution in [0.3, 0.4) is 0 Å². The number of fused-ring (bicyclic) bond motifs is 1. The van der Waals surface area contributed by atoms with Crippen LogP contribution in [-0.4, -0.2) is 39.8 Å². The molecule has 0 N–H and O–H groups in total. The van der Waals surface area contributed by atoms with E-state index in [1.165, 1.54) is 6.92 Å². The number of nitrogens with zero attached hydrogens (tertiary/aromatic N) is 4. The number of hydrogen-bond donors (Lipinski definition) is 0. The van der Waals surface area contributed by atoms with Gasteiger partial charge in [0, 0.05) is 13.1 Å². The van der Waals surface area contributed by atoms with E-state index in [9.17, 15) is 21.6 Å². The molecule has 1 atom stereocenters. The molecule has 0 spiro atoms. The maximum Gasteiger partial charge on any atom is 0.451 e. The van der Waals surface area contributed by atoms with Crippen LogP contribution in [0.4, 0.5) is 13.2 Å². The second-order valence-electron chi connectivity index (χ2n) is 5.03. The van der Waals surface area contributed by atoms with Crippen molar-refractivity contribution in [2.75, 3.05) is 12.3 Å². The Hall–Kier alpha value is -1.42. The first-order chi connectivity index (χ1) is 9.54. The summed E-state index contributed by atoms with van der Waals surface area (Å²) in [7, 11) is -3.63. The first kappa shape index (κ1) is 16.0. The van der Waals surface area contributed by atoms with Crippen LogP contribution in [0.25, 0.3) is 0 Å². The Bertz CT molecular complexity index is 665. The van der Waals surface area contributed by atoms with Gasteiger partial charge in [-0.05, 0) is 13.8 Å². The van der Waals surface area contributed by atoms with E-state index in [1.807, 2.05) is 0 Å². The zero-order chi connectivity index (χ0) is 16.0. The van der Waals surface area contributed by atoms with Gasteiger partial charge in [0.15, 0.2) is 5.82 Å². The zero-order valence-electron chi connectivity index (χ0n) is 11.6. The van der Waals surface area contributed by atoms with Crippen LogP contribution in [0.2, 0.25) is 0 Å². The lowest BCUT2D eigenvalue weighted by Gasteiger charge is -2.32. The van der Waals surface area contributed by atoms with Gasteiger partial charge in [-0.2, -0.15) is 17.5 Å². The molecule has 118 valence electrons. The summed E-state index contributed by atoms with van der Waals surface area (Å²) in [6.07, 6.45) is -4.61. The van der Waals surface area contributed by atoms with Crippen LogP contribution in [0, 0.1) is 0 Å². The van der Waals surface area contributed by atoms with Crippen LogP contribution >= 0.6 is 0 Å². The molecule has 0 saturated heterocycles. The number of rotatable bonds is 3. The molecule has 0 fully saturated rings. The molecule has 0 amide bonds. The fourth-order valence-electron chi connectivity index (χ4n) is 2.35. The van der Waals surface area contributed by atoms with Crippen molar-refractivity contribution in [3.05, 3.63) is 23.8 Å². The summed E-state index contributed by atoms with van der Waals surface area (Å²) in [6, 6.07) is -0.799. The molecule has 2 rings (SSSR count). The van der Waals surface area contributed by atoms with E-state index >= 15 is 0 Å². The maximum atomic E-state index is 12.8. The van der Waals surface area contributed by atoms with Crippen molar-refractivity contribution in [3.8, 4) is 0 Å². The predicted molar refractivity (Wildman–Crippen MR) is 68.7 cm³/mol. The van der Waals surface area contributed by atoms with Crippen molar-refractivity contribution >= 4 is 10.0 Å². The number of alkyl halides is 3. The summed E-state index contributed by atoms with van der Waals surface area (Å²) >= 11 is 0. The van der Waals surface area contributed by atoms with Gasteiger partial charge in [-0.15, -0.1) is 10.2 Å². The summed E-state index contributed by atoms with van der Waals surface area (Å²) in [4.78, 5) is 0. The third-order valence-electron chi connectivity index (χ3n) is 3.17. The summed E-state index contributed by atoms with van der Waals surface area (Å²) in [5.41, 5.74) is 0.463. The standard InChI is InChI=1S/C11H15F3N4O2S/c1-7(2)6-21(19,20)18-5-4-17-9(8(18)3)15-16-10(17)11(12,13)14/h8H,1,4-6H2,2-3H3. The third kappa shape index (κ3) is 2.95. The Balaban J connectivity index is 2.37. The first-order valence-electron chi connectivity index (χ1n) is 6.18. The average molecular weight is 324 g/mol. The zero-order valence-corrected chi connectivity index (χ0v) is 12.4. The minimum Gasteiger partial charge on any atom is -0.305 e. The molecular formula is C11H15F3N4O2S. The first-order valence-corrected chi connectivity index (χ1v) is 7.79. The van der Waals surface area contributed by atoms with E-state index in [0.29, 0.717) is 5.57 Å². The van der Waals surface area contributed by atoms with Gasteiger partial charge < -0.3 is 4.57 Å². The lowest BCUT2D eigenvalue weighted by Crippen LogP contribution is -2.43. The second-order valence-corrected chi connectivity index (χ2v) is 6.95. The SMILES string of the molecule is C=C(C)CS(=O)(=O)N1CCn2c(nnc2C(F)(F)F)C1C. The van der Waals surface area contributed by atoms with Gasteiger partial charge in [0.05, 0.1) is 11.8 Å². The summed E-state index contributed by atoms with van der Waals surface area (Å²) in [5, 5.41) is 6.66. The molecule has 1 aromatic rings. The molecule has 1 aliphatic rings. The highest BCUT2D eigenvalue weighted by Gasteiger charge is 2.42. The quantitative estimate of drug-likeness (QED) is 0.792. The van der Waals surface area contributed by atoms with E-state index in [0.717, 1.165) is 8.87 Å². The monoisotopic (exact) mass is 324 g/mol. The lowest BCUT2D eigenvalue weighted by molar-refractivity contribution is -0.147. The van der Waals surface area contributed by atoms with Gasteiger partial charge in [0.1, 0.15) is 0 Å².